The smallest absolute Gasteiger partial charge is 0.152 e. The molecule has 1 aliphatic rings. The molecule has 1 aliphatic heterocycles. The topological polar surface area (TPSA) is 34.2 Å². The van der Waals surface area contributed by atoms with Crippen LogP contribution in [0, 0.1) is 12.3 Å². The highest BCUT2D eigenvalue weighted by Gasteiger charge is 2.33. The first-order valence-electron chi connectivity index (χ1n) is 5.03. The van der Waals surface area contributed by atoms with Crippen LogP contribution in [0.4, 0.5) is 5.69 Å². The molecule has 0 amide bonds. The minimum atomic E-state index is 0.243. The van der Waals surface area contributed by atoms with Gasteiger partial charge in [-0.2, -0.15) is 0 Å². The van der Waals surface area contributed by atoms with Gasteiger partial charge < -0.3 is 10.1 Å². The largest absolute Gasteiger partial charge is 0.382 e. The molecule has 4 heteroatoms. The zero-order chi connectivity index (χ0) is 10.9. The summed E-state index contributed by atoms with van der Waals surface area (Å²) in [5, 5.41) is 3.85. The number of anilines is 1. The predicted molar refractivity (Wildman–Crippen MR) is 61.4 cm³/mol. The number of nitrogens with zero attached hydrogens (tertiary/aromatic N) is 1. The predicted octanol–water partition coefficient (Wildman–Crippen LogP) is 2.49. The van der Waals surface area contributed by atoms with Gasteiger partial charge in [0, 0.05) is 18.2 Å². The molecule has 0 aliphatic carbocycles. The first kappa shape index (κ1) is 10.7. The van der Waals surface area contributed by atoms with Crippen LogP contribution in [0.15, 0.2) is 12.3 Å². The van der Waals surface area contributed by atoms with Gasteiger partial charge in [-0.3, -0.25) is 0 Å². The highest BCUT2D eigenvalue weighted by molar-refractivity contribution is 6.31. The van der Waals surface area contributed by atoms with E-state index in [-0.39, 0.29) is 5.41 Å². The Balaban J connectivity index is 2.01. The number of hydrogen-bond acceptors (Lipinski definition) is 3. The third kappa shape index (κ3) is 2.41. The number of halogens is 1. The van der Waals surface area contributed by atoms with E-state index in [1.165, 1.54) is 0 Å². The van der Waals surface area contributed by atoms with E-state index in [9.17, 15) is 0 Å². The summed E-state index contributed by atoms with van der Waals surface area (Å²) in [6, 6.07) is 2.01. The molecule has 1 aromatic rings. The van der Waals surface area contributed by atoms with E-state index >= 15 is 0 Å². The summed E-state index contributed by atoms with van der Waals surface area (Å²) in [5.74, 6) is 0. The molecule has 2 rings (SSSR count). The molecular formula is C11H15ClN2O. The Bertz CT molecular complexity index is 364. The third-order valence-corrected chi connectivity index (χ3v) is 2.88. The monoisotopic (exact) mass is 226 g/mol. The maximum Gasteiger partial charge on any atom is 0.152 e. The van der Waals surface area contributed by atoms with Crippen LogP contribution in [0.2, 0.25) is 5.15 Å². The lowest BCUT2D eigenvalue weighted by molar-refractivity contribution is -0.0924. The number of aryl methyl sites for hydroxylation is 1. The first-order valence-corrected chi connectivity index (χ1v) is 5.41. The van der Waals surface area contributed by atoms with Crippen molar-refractivity contribution >= 4 is 17.3 Å². The lowest BCUT2D eigenvalue weighted by atomic mass is 9.89. The van der Waals surface area contributed by atoms with Gasteiger partial charge in [0.25, 0.3) is 0 Å². The second-order valence-corrected chi connectivity index (χ2v) is 4.87. The van der Waals surface area contributed by atoms with E-state index in [0.29, 0.717) is 5.15 Å². The van der Waals surface area contributed by atoms with Crippen LogP contribution in [0.5, 0.6) is 0 Å². The van der Waals surface area contributed by atoms with Crippen LogP contribution >= 0.6 is 11.6 Å². The number of aromatic nitrogens is 1. The summed E-state index contributed by atoms with van der Waals surface area (Å²) in [6.07, 6.45) is 1.77. The van der Waals surface area contributed by atoms with Crippen molar-refractivity contribution in [1.29, 1.82) is 0 Å². The molecule has 2 heterocycles. The summed E-state index contributed by atoms with van der Waals surface area (Å²) in [5.41, 5.74) is 2.26. The molecule has 0 atom stereocenters. The average Bonchev–Trinajstić information content (AvgIpc) is 2.17. The van der Waals surface area contributed by atoms with Crippen molar-refractivity contribution in [3.63, 3.8) is 0 Å². The molecule has 0 spiro atoms. The third-order valence-electron chi connectivity index (χ3n) is 2.58. The van der Waals surface area contributed by atoms with Crippen molar-refractivity contribution < 1.29 is 4.74 Å². The highest BCUT2D eigenvalue weighted by Crippen LogP contribution is 2.28. The molecule has 0 radical (unpaired) electrons. The number of ether oxygens (including phenoxy) is 1. The molecule has 1 saturated heterocycles. The lowest BCUT2D eigenvalue weighted by Gasteiger charge is -2.38. The van der Waals surface area contributed by atoms with E-state index in [0.717, 1.165) is 31.0 Å². The van der Waals surface area contributed by atoms with Crippen molar-refractivity contribution in [3.05, 3.63) is 23.0 Å². The van der Waals surface area contributed by atoms with Crippen molar-refractivity contribution in [1.82, 2.24) is 4.98 Å². The maximum atomic E-state index is 5.98. The van der Waals surface area contributed by atoms with Crippen LogP contribution in [-0.4, -0.2) is 24.7 Å². The van der Waals surface area contributed by atoms with Gasteiger partial charge in [-0.15, -0.1) is 0 Å². The first-order chi connectivity index (χ1) is 7.09. The van der Waals surface area contributed by atoms with Gasteiger partial charge >= 0.3 is 0 Å². The molecular weight excluding hydrogens is 212 g/mol. The Kier molecular flexibility index (Phi) is 2.85. The fourth-order valence-corrected chi connectivity index (χ4v) is 1.71. The zero-order valence-corrected chi connectivity index (χ0v) is 9.77. The molecule has 1 fully saturated rings. The fraction of sp³-hybridized carbons (Fsp3) is 0.545. The van der Waals surface area contributed by atoms with Crippen molar-refractivity contribution in [3.8, 4) is 0 Å². The summed E-state index contributed by atoms with van der Waals surface area (Å²) >= 11 is 5.98. The maximum absolute atomic E-state index is 5.98. The highest BCUT2D eigenvalue weighted by atomic mass is 35.5. The minimum Gasteiger partial charge on any atom is -0.382 e. The second kappa shape index (κ2) is 3.99. The van der Waals surface area contributed by atoms with E-state index < -0.39 is 0 Å². The standard InChI is InChI=1S/C11H15ClN2O/c1-8-3-9(10(12)13-4-8)14-5-11(2)6-15-7-11/h3-4,14H,5-7H2,1-2H3. The van der Waals surface area contributed by atoms with Crippen LogP contribution in [-0.2, 0) is 4.74 Å². The Morgan fingerprint density at radius 1 is 1.60 bits per heavy atom. The number of rotatable bonds is 3. The molecule has 0 saturated carbocycles. The minimum absolute atomic E-state index is 0.243. The normalized spacial score (nSPS) is 18.3. The summed E-state index contributed by atoms with van der Waals surface area (Å²) in [7, 11) is 0. The van der Waals surface area contributed by atoms with Crippen LogP contribution in [0.3, 0.4) is 0 Å². The Labute approximate surface area is 94.8 Å². The van der Waals surface area contributed by atoms with Gasteiger partial charge in [0.15, 0.2) is 5.15 Å². The zero-order valence-electron chi connectivity index (χ0n) is 9.01. The quantitative estimate of drug-likeness (QED) is 0.805. The van der Waals surface area contributed by atoms with E-state index in [4.69, 9.17) is 16.3 Å². The van der Waals surface area contributed by atoms with Gasteiger partial charge in [0.1, 0.15) is 0 Å². The second-order valence-electron chi connectivity index (χ2n) is 4.51. The molecule has 82 valence electrons. The molecule has 1 aromatic heterocycles. The lowest BCUT2D eigenvalue weighted by Crippen LogP contribution is -2.45. The molecule has 15 heavy (non-hydrogen) atoms. The fourth-order valence-electron chi connectivity index (χ4n) is 1.54. The molecule has 3 nitrogen and oxygen atoms in total. The van der Waals surface area contributed by atoms with Gasteiger partial charge in [0.05, 0.1) is 18.9 Å². The SMILES string of the molecule is Cc1cnc(Cl)c(NCC2(C)COC2)c1. The molecule has 0 unspecified atom stereocenters. The van der Waals surface area contributed by atoms with Crippen molar-refractivity contribution in [2.45, 2.75) is 13.8 Å². The molecule has 0 bridgehead atoms. The van der Waals surface area contributed by atoms with E-state index in [1.54, 1.807) is 6.20 Å². The van der Waals surface area contributed by atoms with Gasteiger partial charge in [0.2, 0.25) is 0 Å². The summed E-state index contributed by atoms with van der Waals surface area (Å²) in [4.78, 5) is 4.09. The van der Waals surface area contributed by atoms with Crippen molar-refractivity contribution in [2.75, 3.05) is 25.1 Å². The molecule has 1 N–H and O–H groups in total. The van der Waals surface area contributed by atoms with Crippen LogP contribution in [0.1, 0.15) is 12.5 Å². The van der Waals surface area contributed by atoms with Crippen LogP contribution in [0.25, 0.3) is 0 Å². The summed E-state index contributed by atoms with van der Waals surface area (Å²) in [6.45, 7) is 6.70. The van der Waals surface area contributed by atoms with Crippen molar-refractivity contribution in [2.24, 2.45) is 5.41 Å². The Morgan fingerprint density at radius 2 is 2.33 bits per heavy atom. The van der Waals surface area contributed by atoms with E-state index in [1.807, 2.05) is 13.0 Å². The average molecular weight is 227 g/mol. The molecule has 0 aromatic carbocycles. The number of pyridine rings is 1. The van der Waals surface area contributed by atoms with Crippen LogP contribution < -0.4 is 5.32 Å². The van der Waals surface area contributed by atoms with Gasteiger partial charge in [-0.25, -0.2) is 4.98 Å². The summed E-state index contributed by atoms with van der Waals surface area (Å²) < 4.78 is 5.19. The number of hydrogen-bond donors (Lipinski definition) is 1. The van der Waals surface area contributed by atoms with Gasteiger partial charge in [-0.1, -0.05) is 18.5 Å². The number of nitrogens with one attached hydrogen (secondary N) is 1. The Morgan fingerprint density at radius 3 is 2.93 bits per heavy atom. The Hall–Kier alpha value is -0.800. The van der Waals surface area contributed by atoms with Gasteiger partial charge in [-0.05, 0) is 18.6 Å². The van der Waals surface area contributed by atoms with E-state index in [2.05, 4.69) is 17.2 Å².